The smallest absolute Gasteiger partial charge is 0.257 e. The number of aromatic nitrogens is 3. The van der Waals surface area contributed by atoms with Gasteiger partial charge in [0.2, 0.25) is 0 Å². The molecule has 0 radical (unpaired) electrons. The van der Waals surface area contributed by atoms with Crippen LogP contribution in [0.2, 0.25) is 0 Å². The Morgan fingerprint density at radius 3 is 2.52 bits per heavy atom. The van der Waals surface area contributed by atoms with Crippen LogP contribution in [0.5, 0.6) is 0 Å². The number of β-lactam (4-membered cyclic amide) rings is 1. The van der Waals surface area contributed by atoms with Crippen LogP contribution in [-0.2, 0) is 16.6 Å². The molecule has 2 aliphatic rings. The van der Waals surface area contributed by atoms with E-state index in [0.29, 0.717) is 18.7 Å². The first-order chi connectivity index (χ1) is 13.1. The minimum atomic E-state index is -0.442. The molecule has 2 fully saturated rings. The summed E-state index contributed by atoms with van der Waals surface area (Å²) in [4.78, 5) is 33.0. The van der Waals surface area contributed by atoms with E-state index < -0.39 is 6.10 Å². The van der Waals surface area contributed by atoms with Crippen molar-refractivity contribution in [2.75, 3.05) is 20.2 Å². The van der Waals surface area contributed by atoms with Crippen LogP contribution in [0.25, 0.3) is 0 Å². The van der Waals surface area contributed by atoms with E-state index in [2.05, 4.69) is 10.1 Å². The lowest BCUT2D eigenvalue weighted by atomic mass is 9.86. The van der Waals surface area contributed by atoms with Crippen molar-refractivity contribution in [1.82, 2.24) is 24.6 Å². The molecule has 8 nitrogen and oxygen atoms in total. The van der Waals surface area contributed by atoms with Gasteiger partial charge in [0.1, 0.15) is 0 Å². The maximum absolute atomic E-state index is 12.6. The molecule has 0 unspecified atom stereocenters. The van der Waals surface area contributed by atoms with Gasteiger partial charge in [0, 0.05) is 51.9 Å². The average Bonchev–Trinajstić information content (AvgIpc) is 3.13. The highest BCUT2D eigenvalue weighted by Gasteiger charge is 2.51. The predicted molar refractivity (Wildman–Crippen MR) is 96.8 cm³/mol. The number of carbonyl (C=O) groups excluding carboxylic acids is 2. The molecule has 0 aliphatic carbocycles. The van der Waals surface area contributed by atoms with Crippen molar-refractivity contribution in [1.29, 1.82) is 0 Å². The summed E-state index contributed by atoms with van der Waals surface area (Å²) in [5.41, 5.74) is 1.63. The van der Waals surface area contributed by atoms with Crippen molar-refractivity contribution in [2.45, 2.75) is 31.0 Å². The summed E-state index contributed by atoms with van der Waals surface area (Å²) in [5, 5.41) is 4.07. The van der Waals surface area contributed by atoms with Gasteiger partial charge in [-0.05, 0) is 30.5 Å². The van der Waals surface area contributed by atoms with Crippen molar-refractivity contribution >= 4 is 11.8 Å². The number of hydrogen-bond acceptors (Lipinski definition) is 5. The molecule has 4 heterocycles. The van der Waals surface area contributed by atoms with E-state index in [1.165, 1.54) is 0 Å². The van der Waals surface area contributed by atoms with Crippen molar-refractivity contribution in [3.63, 3.8) is 0 Å². The SMILES string of the molecule is CO[C@H]1C(=O)N(C2CCN(C(=O)c3cnn(C)c3)CC2)[C@H]1c1ccncc1. The number of rotatable bonds is 4. The molecular weight excluding hydrogens is 346 g/mol. The fourth-order valence-electron chi connectivity index (χ4n) is 4.08. The largest absolute Gasteiger partial charge is 0.369 e. The van der Waals surface area contributed by atoms with Crippen LogP contribution in [0.1, 0.15) is 34.8 Å². The molecule has 2 saturated heterocycles. The molecule has 142 valence electrons. The number of hydrogen-bond donors (Lipinski definition) is 0. The summed E-state index contributed by atoms with van der Waals surface area (Å²) < 4.78 is 7.05. The van der Waals surface area contributed by atoms with Gasteiger partial charge in [0.25, 0.3) is 11.8 Å². The standard InChI is InChI=1S/C19H23N5O3/c1-22-12-14(11-21-22)18(25)23-9-5-15(6-10-23)24-16(17(27-2)19(24)26)13-3-7-20-8-4-13/h3-4,7-8,11-12,15-17H,5-6,9-10H2,1-2H3/t16-,17+/m0/s1. The van der Waals surface area contributed by atoms with Crippen LogP contribution in [0, 0.1) is 0 Å². The van der Waals surface area contributed by atoms with Crippen LogP contribution < -0.4 is 0 Å². The Bertz CT molecular complexity index is 829. The number of amides is 2. The molecule has 0 bridgehead atoms. The number of ether oxygens (including phenoxy) is 1. The van der Waals surface area contributed by atoms with Crippen LogP contribution in [0.3, 0.4) is 0 Å². The van der Waals surface area contributed by atoms with Gasteiger partial charge in [0.05, 0.1) is 17.8 Å². The van der Waals surface area contributed by atoms with Crippen LogP contribution >= 0.6 is 0 Å². The first-order valence-electron chi connectivity index (χ1n) is 9.13. The van der Waals surface area contributed by atoms with Gasteiger partial charge in [-0.3, -0.25) is 19.3 Å². The Hall–Kier alpha value is -2.74. The summed E-state index contributed by atoms with van der Waals surface area (Å²) in [6, 6.07) is 3.88. The molecule has 0 aromatic carbocycles. The van der Waals surface area contributed by atoms with Crippen molar-refractivity contribution < 1.29 is 14.3 Å². The first-order valence-corrected chi connectivity index (χ1v) is 9.13. The average molecular weight is 369 g/mol. The zero-order valence-electron chi connectivity index (χ0n) is 15.5. The van der Waals surface area contributed by atoms with Gasteiger partial charge in [-0.25, -0.2) is 0 Å². The maximum atomic E-state index is 12.6. The second-order valence-electron chi connectivity index (χ2n) is 7.05. The quantitative estimate of drug-likeness (QED) is 0.752. The first kappa shape index (κ1) is 17.7. The van der Waals surface area contributed by atoms with Gasteiger partial charge < -0.3 is 14.5 Å². The number of likely N-dealkylation sites (tertiary alicyclic amines) is 2. The molecule has 0 N–H and O–H groups in total. The van der Waals surface area contributed by atoms with E-state index >= 15 is 0 Å². The van der Waals surface area contributed by atoms with E-state index in [0.717, 1.165) is 18.4 Å². The number of aryl methyl sites for hydroxylation is 1. The summed E-state index contributed by atoms with van der Waals surface area (Å²) in [6.07, 6.45) is 7.87. The molecule has 0 saturated carbocycles. The molecule has 8 heteroatoms. The number of carbonyl (C=O) groups is 2. The monoisotopic (exact) mass is 369 g/mol. The van der Waals surface area contributed by atoms with Crippen molar-refractivity contribution in [2.24, 2.45) is 7.05 Å². The molecular formula is C19H23N5O3. The number of methoxy groups -OCH3 is 1. The minimum absolute atomic E-state index is 0.00284. The fraction of sp³-hybridized carbons (Fsp3) is 0.474. The van der Waals surface area contributed by atoms with Crippen LogP contribution in [-0.4, -0.2) is 68.7 Å². The Morgan fingerprint density at radius 1 is 1.22 bits per heavy atom. The highest BCUT2D eigenvalue weighted by molar-refractivity contribution is 5.94. The Kier molecular flexibility index (Phi) is 4.65. The van der Waals surface area contributed by atoms with Gasteiger partial charge in [-0.2, -0.15) is 5.10 Å². The molecule has 2 atom stereocenters. The molecule has 2 amide bonds. The highest BCUT2D eigenvalue weighted by atomic mass is 16.5. The summed E-state index contributed by atoms with van der Waals surface area (Å²) in [7, 11) is 3.37. The molecule has 0 spiro atoms. The third-order valence-corrected chi connectivity index (χ3v) is 5.48. The Balaban J connectivity index is 1.44. The summed E-state index contributed by atoms with van der Waals surface area (Å²) in [5.74, 6) is 0.0216. The predicted octanol–water partition coefficient (Wildman–Crippen LogP) is 1.02. The van der Waals surface area contributed by atoms with E-state index in [4.69, 9.17) is 4.74 Å². The van der Waals surface area contributed by atoms with Crippen molar-refractivity contribution in [3.05, 3.63) is 48.0 Å². The number of nitrogens with zero attached hydrogens (tertiary/aromatic N) is 5. The highest BCUT2D eigenvalue weighted by Crippen LogP contribution is 2.40. The molecule has 2 aromatic rings. The van der Waals surface area contributed by atoms with Gasteiger partial charge in [0.15, 0.2) is 6.10 Å². The molecule has 27 heavy (non-hydrogen) atoms. The lowest BCUT2D eigenvalue weighted by Crippen LogP contribution is -2.64. The second kappa shape index (κ2) is 7.11. The number of piperidine rings is 1. The van der Waals surface area contributed by atoms with E-state index in [1.54, 1.807) is 43.6 Å². The molecule has 4 rings (SSSR count). The van der Waals surface area contributed by atoms with Gasteiger partial charge in [-0.1, -0.05) is 0 Å². The summed E-state index contributed by atoms with van der Waals surface area (Å²) >= 11 is 0. The Morgan fingerprint density at radius 2 is 1.93 bits per heavy atom. The minimum Gasteiger partial charge on any atom is -0.369 e. The van der Waals surface area contributed by atoms with E-state index in [1.807, 2.05) is 21.9 Å². The van der Waals surface area contributed by atoms with Crippen molar-refractivity contribution in [3.8, 4) is 0 Å². The molecule has 2 aromatic heterocycles. The zero-order chi connectivity index (χ0) is 19.0. The molecule has 2 aliphatic heterocycles. The second-order valence-corrected chi connectivity index (χ2v) is 7.05. The van der Waals surface area contributed by atoms with E-state index in [9.17, 15) is 9.59 Å². The van der Waals surface area contributed by atoms with E-state index in [-0.39, 0.29) is 23.9 Å². The third kappa shape index (κ3) is 3.10. The van der Waals surface area contributed by atoms with Crippen LogP contribution in [0.4, 0.5) is 0 Å². The fourth-order valence-corrected chi connectivity index (χ4v) is 4.08. The van der Waals surface area contributed by atoms with Crippen LogP contribution in [0.15, 0.2) is 36.9 Å². The normalized spacial score (nSPS) is 23.4. The number of pyridine rings is 1. The summed E-state index contributed by atoms with van der Waals surface area (Å²) in [6.45, 7) is 1.26. The third-order valence-electron chi connectivity index (χ3n) is 5.48. The zero-order valence-corrected chi connectivity index (χ0v) is 15.5. The lowest BCUT2D eigenvalue weighted by Gasteiger charge is -2.52. The topological polar surface area (TPSA) is 80.6 Å². The Labute approximate surface area is 157 Å². The maximum Gasteiger partial charge on any atom is 0.257 e. The lowest BCUT2D eigenvalue weighted by molar-refractivity contribution is -0.178. The van der Waals surface area contributed by atoms with Gasteiger partial charge in [-0.15, -0.1) is 0 Å². The van der Waals surface area contributed by atoms with Gasteiger partial charge >= 0.3 is 0 Å².